The normalized spacial score (nSPS) is 12.3. The van der Waals surface area contributed by atoms with Gasteiger partial charge in [-0.2, -0.15) is 0 Å². The number of hydrogen-bond donors (Lipinski definition) is 1. The van der Waals surface area contributed by atoms with Crippen molar-refractivity contribution in [3.8, 4) is 5.75 Å². The molecule has 8 nitrogen and oxygen atoms in total. The number of anilines is 1. The molecule has 1 atom stereocenters. The van der Waals surface area contributed by atoms with Crippen LogP contribution in [0.2, 0.25) is 5.02 Å². The van der Waals surface area contributed by atoms with Crippen LogP contribution in [-0.4, -0.2) is 56.9 Å². The van der Waals surface area contributed by atoms with E-state index in [0.29, 0.717) is 23.6 Å². The number of hydrogen-bond acceptors (Lipinski definition) is 5. The highest BCUT2D eigenvalue weighted by Crippen LogP contribution is 2.28. The minimum atomic E-state index is -4.20. The Morgan fingerprint density at radius 2 is 1.63 bits per heavy atom. The van der Waals surface area contributed by atoms with Crippen LogP contribution in [0, 0.1) is 0 Å². The SMILES string of the molecule is CCC(C(=O)NC(C)(C)C)N(CCc1ccccc1)C(=O)CN(c1cccc(Cl)c1)S(=O)(=O)c1ccc(OC)cc1. The number of carbonyl (C=O) groups excluding carboxylic acids is 2. The molecule has 1 unspecified atom stereocenters. The van der Waals surface area contributed by atoms with Gasteiger partial charge in [-0.25, -0.2) is 8.42 Å². The van der Waals surface area contributed by atoms with Crippen LogP contribution in [-0.2, 0) is 26.0 Å². The maximum absolute atomic E-state index is 14.1. The average molecular weight is 600 g/mol. The minimum absolute atomic E-state index is 0.0144. The van der Waals surface area contributed by atoms with E-state index in [4.69, 9.17) is 16.3 Å². The van der Waals surface area contributed by atoms with Gasteiger partial charge in [-0.15, -0.1) is 0 Å². The highest BCUT2D eigenvalue weighted by Gasteiger charge is 2.34. The molecular weight excluding hydrogens is 562 g/mol. The van der Waals surface area contributed by atoms with E-state index in [2.05, 4.69) is 5.32 Å². The Balaban J connectivity index is 2.02. The number of nitrogens with one attached hydrogen (secondary N) is 1. The van der Waals surface area contributed by atoms with E-state index in [-0.39, 0.29) is 23.0 Å². The Bertz CT molecular complexity index is 1420. The summed E-state index contributed by atoms with van der Waals surface area (Å²) in [6, 6.07) is 21.1. The van der Waals surface area contributed by atoms with Gasteiger partial charge in [-0.1, -0.05) is 54.9 Å². The van der Waals surface area contributed by atoms with Gasteiger partial charge in [0.05, 0.1) is 17.7 Å². The maximum atomic E-state index is 14.1. The Morgan fingerprint density at radius 1 is 0.976 bits per heavy atom. The van der Waals surface area contributed by atoms with Crippen LogP contribution in [0.5, 0.6) is 5.75 Å². The lowest BCUT2D eigenvalue weighted by Gasteiger charge is -2.34. The predicted molar refractivity (Wildman–Crippen MR) is 163 cm³/mol. The molecule has 0 saturated carbocycles. The van der Waals surface area contributed by atoms with Gasteiger partial charge < -0.3 is 15.0 Å². The lowest BCUT2D eigenvalue weighted by molar-refractivity contribution is -0.140. The molecular formula is C31H38ClN3O5S. The zero-order chi connectivity index (χ0) is 30.2. The molecule has 0 aliphatic heterocycles. The smallest absolute Gasteiger partial charge is 0.264 e. The van der Waals surface area contributed by atoms with Crippen LogP contribution in [0.1, 0.15) is 39.7 Å². The van der Waals surface area contributed by atoms with Crippen LogP contribution in [0.4, 0.5) is 5.69 Å². The fraction of sp³-hybridized carbons (Fsp3) is 0.355. The summed E-state index contributed by atoms with van der Waals surface area (Å²) >= 11 is 6.23. The van der Waals surface area contributed by atoms with Gasteiger partial charge in [0, 0.05) is 17.1 Å². The van der Waals surface area contributed by atoms with Crippen molar-refractivity contribution >= 4 is 39.1 Å². The van der Waals surface area contributed by atoms with Crippen LogP contribution in [0.25, 0.3) is 0 Å². The fourth-order valence-electron chi connectivity index (χ4n) is 4.38. The Morgan fingerprint density at radius 3 is 2.20 bits per heavy atom. The van der Waals surface area contributed by atoms with Crippen molar-refractivity contribution in [3.05, 3.63) is 89.4 Å². The number of sulfonamides is 1. The zero-order valence-electron chi connectivity index (χ0n) is 24.1. The second kappa shape index (κ2) is 13.9. The zero-order valence-corrected chi connectivity index (χ0v) is 25.7. The first-order chi connectivity index (χ1) is 19.4. The second-order valence-electron chi connectivity index (χ2n) is 10.7. The standard InChI is InChI=1S/C31H38ClN3O5S/c1-6-28(30(37)33-31(2,3)4)34(20-19-23-11-8-7-9-12-23)29(36)22-35(25-14-10-13-24(32)21-25)41(38,39)27-17-15-26(40-5)16-18-27/h7-18,21,28H,6,19-20,22H2,1-5H3,(H,33,37). The van der Waals surface area contributed by atoms with Crippen molar-refractivity contribution in [1.29, 1.82) is 0 Å². The molecule has 10 heteroatoms. The van der Waals surface area contributed by atoms with Gasteiger partial charge >= 0.3 is 0 Å². The molecule has 0 fully saturated rings. The first-order valence-corrected chi connectivity index (χ1v) is 15.3. The first kappa shape index (κ1) is 32.0. The predicted octanol–water partition coefficient (Wildman–Crippen LogP) is 5.31. The highest BCUT2D eigenvalue weighted by molar-refractivity contribution is 7.92. The fourth-order valence-corrected chi connectivity index (χ4v) is 5.97. The molecule has 3 rings (SSSR count). The summed E-state index contributed by atoms with van der Waals surface area (Å²) in [5, 5.41) is 3.29. The molecule has 0 heterocycles. The number of rotatable bonds is 12. The third kappa shape index (κ3) is 8.71. The summed E-state index contributed by atoms with van der Waals surface area (Å²) in [6.07, 6.45) is 0.846. The molecule has 2 amide bonds. The van der Waals surface area contributed by atoms with Gasteiger partial charge in [0.25, 0.3) is 10.0 Å². The molecule has 3 aromatic carbocycles. The molecule has 1 N–H and O–H groups in total. The van der Waals surface area contributed by atoms with Gasteiger partial charge in [0.1, 0.15) is 18.3 Å². The van der Waals surface area contributed by atoms with E-state index in [9.17, 15) is 18.0 Å². The molecule has 3 aromatic rings. The number of halogens is 1. The Labute approximate surface area is 248 Å². The molecule has 0 radical (unpaired) electrons. The van der Waals surface area contributed by atoms with E-state index < -0.39 is 34.1 Å². The van der Waals surface area contributed by atoms with Crippen molar-refractivity contribution in [2.24, 2.45) is 0 Å². The average Bonchev–Trinajstić information content (AvgIpc) is 2.93. The van der Waals surface area contributed by atoms with Crippen LogP contribution >= 0.6 is 11.6 Å². The monoisotopic (exact) mass is 599 g/mol. The molecule has 0 spiro atoms. The van der Waals surface area contributed by atoms with Crippen molar-refractivity contribution in [2.45, 2.75) is 57.0 Å². The topological polar surface area (TPSA) is 96.0 Å². The molecule has 220 valence electrons. The summed E-state index contributed by atoms with van der Waals surface area (Å²) in [5.74, 6) is -0.306. The molecule has 0 bridgehead atoms. The lowest BCUT2D eigenvalue weighted by atomic mass is 10.1. The number of ether oxygens (including phenoxy) is 1. The Hall–Kier alpha value is -3.56. The van der Waals surface area contributed by atoms with Gasteiger partial charge in [-0.3, -0.25) is 13.9 Å². The van der Waals surface area contributed by atoms with Gasteiger partial charge in [0.2, 0.25) is 11.8 Å². The van der Waals surface area contributed by atoms with E-state index >= 15 is 0 Å². The van der Waals surface area contributed by atoms with Crippen LogP contribution in [0.3, 0.4) is 0 Å². The molecule has 0 aliphatic carbocycles. The summed E-state index contributed by atoms with van der Waals surface area (Å²) in [5.41, 5.74) is 0.717. The van der Waals surface area contributed by atoms with E-state index in [1.54, 1.807) is 30.3 Å². The number of nitrogens with zero attached hydrogens (tertiary/aromatic N) is 2. The molecule has 0 saturated heterocycles. The molecule has 0 aliphatic rings. The molecule has 41 heavy (non-hydrogen) atoms. The first-order valence-electron chi connectivity index (χ1n) is 13.4. The number of carbonyl (C=O) groups is 2. The largest absolute Gasteiger partial charge is 0.497 e. The third-order valence-electron chi connectivity index (χ3n) is 6.39. The van der Waals surface area contributed by atoms with E-state index in [0.717, 1.165) is 9.87 Å². The highest BCUT2D eigenvalue weighted by atomic mass is 35.5. The van der Waals surface area contributed by atoms with E-state index in [1.165, 1.54) is 30.2 Å². The van der Waals surface area contributed by atoms with Crippen molar-refractivity contribution in [3.63, 3.8) is 0 Å². The van der Waals surface area contributed by atoms with Crippen LogP contribution < -0.4 is 14.4 Å². The van der Waals surface area contributed by atoms with E-state index in [1.807, 2.05) is 58.0 Å². The maximum Gasteiger partial charge on any atom is 0.264 e. The van der Waals surface area contributed by atoms with Crippen molar-refractivity contribution < 1.29 is 22.7 Å². The Kier molecular flexibility index (Phi) is 10.8. The van der Waals surface area contributed by atoms with Crippen molar-refractivity contribution in [2.75, 3.05) is 24.5 Å². The minimum Gasteiger partial charge on any atom is -0.497 e. The summed E-state index contributed by atoms with van der Waals surface area (Å²) in [4.78, 5) is 28.9. The second-order valence-corrected chi connectivity index (χ2v) is 13.0. The number of amides is 2. The third-order valence-corrected chi connectivity index (χ3v) is 8.41. The van der Waals surface area contributed by atoms with Crippen LogP contribution in [0.15, 0.2) is 83.8 Å². The quantitative estimate of drug-likeness (QED) is 0.304. The lowest BCUT2D eigenvalue weighted by Crippen LogP contribution is -2.56. The summed E-state index contributed by atoms with van der Waals surface area (Å²) in [7, 11) is -2.71. The van der Waals surface area contributed by atoms with Crippen molar-refractivity contribution in [1.82, 2.24) is 10.2 Å². The summed E-state index contributed by atoms with van der Waals surface area (Å²) < 4.78 is 34.1. The number of methoxy groups -OCH3 is 1. The molecule has 0 aromatic heterocycles. The van der Waals surface area contributed by atoms with Gasteiger partial charge in [-0.05, 0) is 81.6 Å². The number of benzene rings is 3. The van der Waals surface area contributed by atoms with Gasteiger partial charge in [0.15, 0.2) is 0 Å². The summed E-state index contributed by atoms with van der Waals surface area (Å²) in [6.45, 7) is 7.15.